The van der Waals surface area contributed by atoms with Crippen LogP contribution in [0.2, 0.25) is 5.02 Å². The number of halogens is 1. The van der Waals surface area contributed by atoms with Gasteiger partial charge >= 0.3 is 0 Å². The van der Waals surface area contributed by atoms with Crippen LogP contribution in [-0.2, 0) is 0 Å². The zero-order chi connectivity index (χ0) is 19.3. The van der Waals surface area contributed by atoms with Crippen molar-refractivity contribution in [3.05, 3.63) is 81.0 Å². The van der Waals surface area contributed by atoms with E-state index in [1.807, 2.05) is 49.4 Å². The van der Waals surface area contributed by atoms with Gasteiger partial charge in [0, 0.05) is 23.4 Å². The summed E-state index contributed by atoms with van der Waals surface area (Å²) in [5.74, 6) is 0. The highest BCUT2D eigenvalue weighted by Gasteiger charge is 2.16. The molecule has 3 aromatic heterocycles. The number of pyridine rings is 2. The monoisotopic (exact) mass is 403 g/mol. The summed E-state index contributed by atoms with van der Waals surface area (Å²) in [5, 5.41) is 2.11. The SMILES string of the molecule is Cc1nc2c(Cl)cc(-c3cc4c(=O)cc[nH]c4nc3-c3ccccc3)cc2s1. The molecule has 0 amide bonds. The Morgan fingerprint density at radius 1 is 1.00 bits per heavy atom. The molecule has 0 radical (unpaired) electrons. The minimum atomic E-state index is -0.0667. The van der Waals surface area contributed by atoms with Gasteiger partial charge in [0.25, 0.3) is 0 Å². The number of rotatable bonds is 2. The third kappa shape index (κ3) is 2.80. The molecule has 0 atom stereocenters. The fourth-order valence-corrected chi connectivity index (χ4v) is 4.60. The second-order valence-electron chi connectivity index (χ2n) is 6.53. The zero-order valence-electron chi connectivity index (χ0n) is 14.9. The first-order chi connectivity index (χ1) is 13.6. The van der Waals surface area contributed by atoms with Crippen LogP contribution in [0.5, 0.6) is 0 Å². The van der Waals surface area contributed by atoms with E-state index in [4.69, 9.17) is 16.6 Å². The summed E-state index contributed by atoms with van der Waals surface area (Å²) in [6, 6.07) is 17.3. The van der Waals surface area contributed by atoms with Crippen LogP contribution in [0.15, 0.2) is 65.6 Å². The Morgan fingerprint density at radius 2 is 1.82 bits per heavy atom. The van der Waals surface area contributed by atoms with Crippen LogP contribution in [0.25, 0.3) is 43.6 Å². The summed E-state index contributed by atoms with van der Waals surface area (Å²) < 4.78 is 1.01. The molecule has 0 saturated carbocycles. The average Bonchev–Trinajstić information content (AvgIpc) is 3.09. The fraction of sp³-hybridized carbons (Fsp3) is 0.0455. The van der Waals surface area contributed by atoms with Gasteiger partial charge in [-0.2, -0.15) is 0 Å². The Kier molecular flexibility index (Phi) is 4.00. The van der Waals surface area contributed by atoms with Gasteiger partial charge in [-0.25, -0.2) is 9.97 Å². The summed E-state index contributed by atoms with van der Waals surface area (Å²) in [6.45, 7) is 1.97. The van der Waals surface area contributed by atoms with E-state index in [0.717, 1.165) is 37.6 Å². The minimum Gasteiger partial charge on any atom is -0.346 e. The summed E-state index contributed by atoms with van der Waals surface area (Å²) in [4.78, 5) is 24.8. The highest BCUT2D eigenvalue weighted by molar-refractivity contribution is 7.18. The molecule has 136 valence electrons. The molecule has 1 N–H and O–H groups in total. The quantitative estimate of drug-likeness (QED) is 0.403. The first kappa shape index (κ1) is 17.1. The maximum absolute atomic E-state index is 12.4. The van der Waals surface area contributed by atoms with E-state index >= 15 is 0 Å². The molecule has 5 rings (SSSR count). The Labute approximate surface area is 169 Å². The number of fused-ring (bicyclic) bond motifs is 2. The normalized spacial score (nSPS) is 11.4. The first-order valence-corrected chi connectivity index (χ1v) is 9.94. The molecular formula is C22H14ClN3OS. The van der Waals surface area contributed by atoms with E-state index in [2.05, 4.69) is 16.0 Å². The molecule has 0 aliphatic carbocycles. The van der Waals surface area contributed by atoms with Crippen molar-refractivity contribution in [2.45, 2.75) is 6.92 Å². The number of hydrogen-bond donors (Lipinski definition) is 1. The predicted molar refractivity (Wildman–Crippen MR) is 116 cm³/mol. The van der Waals surface area contributed by atoms with Crippen molar-refractivity contribution in [2.75, 3.05) is 0 Å². The molecule has 0 unspecified atom stereocenters. The third-order valence-electron chi connectivity index (χ3n) is 4.66. The molecule has 0 aliphatic heterocycles. The van der Waals surface area contributed by atoms with Crippen LogP contribution in [0.4, 0.5) is 0 Å². The summed E-state index contributed by atoms with van der Waals surface area (Å²) in [5.41, 5.74) is 4.86. The van der Waals surface area contributed by atoms with E-state index in [1.54, 1.807) is 17.5 Å². The molecule has 3 heterocycles. The molecule has 28 heavy (non-hydrogen) atoms. The van der Waals surface area contributed by atoms with Crippen molar-refractivity contribution in [2.24, 2.45) is 0 Å². The van der Waals surface area contributed by atoms with Gasteiger partial charge in [-0.15, -0.1) is 11.3 Å². The van der Waals surface area contributed by atoms with Gasteiger partial charge < -0.3 is 4.98 Å². The van der Waals surface area contributed by atoms with Crippen molar-refractivity contribution in [3.63, 3.8) is 0 Å². The second-order valence-corrected chi connectivity index (χ2v) is 8.17. The van der Waals surface area contributed by atoms with Crippen LogP contribution < -0.4 is 5.43 Å². The molecule has 0 bridgehead atoms. The molecule has 4 nitrogen and oxygen atoms in total. The Balaban J connectivity index is 1.87. The molecule has 0 saturated heterocycles. The lowest BCUT2D eigenvalue weighted by molar-refractivity contribution is 1.28. The topological polar surface area (TPSA) is 58.6 Å². The molecule has 2 aromatic carbocycles. The van der Waals surface area contributed by atoms with Crippen LogP contribution in [-0.4, -0.2) is 15.0 Å². The highest BCUT2D eigenvalue weighted by atomic mass is 35.5. The largest absolute Gasteiger partial charge is 0.346 e. The van der Waals surface area contributed by atoms with Crippen molar-refractivity contribution < 1.29 is 0 Å². The van der Waals surface area contributed by atoms with Crippen LogP contribution in [0.3, 0.4) is 0 Å². The summed E-state index contributed by atoms with van der Waals surface area (Å²) in [7, 11) is 0. The molecular weight excluding hydrogens is 390 g/mol. The number of aromatic nitrogens is 3. The first-order valence-electron chi connectivity index (χ1n) is 8.75. The Hall–Kier alpha value is -3.02. The number of thiazole rings is 1. The lowest BCUT2D eigenvalue weighted by Gasteiger charge is -2.12. The molecule has 5 aromatic rings. The Morgan fingerprint density at radius 3 is 2.64 bits per heavy atom. The van der Waals surface area contributed by atoms with Crippen LogP contribution in [0.1, 0.15) is 5.01 Å². The lowest BCUT2D eigenvalue weighted by Crippen LogP contribution is -2.03. The number of nitrogens with zero attached hydrogens (tertiary/aromatic N) is 2. The van der Waals surface area contributed by atoms with Gasteiger partial charge in [0.2, 0.25) is 0 Å². The highest BCUT2D eigenvalue weighted by Crippen LogP contribution is 2.37. The number of benzene rings is 2. The predicted octanol–water partition coefficient (Wildman–Crippen LogP) is 5.83. The third-order valence-corrected chi connectivity index (χ3v) is 5.86. The van der Waals surface area contributed by atoms with E-state index in [0.29, 0.717) is 16.1 Å². The van der Waals surface area contributed by atoms with Gasteiger partial charge in [-0.05, 0) is 30.7 Å². The minimum absolute atomic E-state index is 0.0667. The number of aromatic amines is 1. The standard InChI is InChI=1S/C22H14ClN3OS/c1-12-25-21-17(23)9-14(10-19(21)28-12)15-11-16-18(27)7-8-24-22(16)26-20(15)13-5-3-2-4-6-13/h2-11H,1H3,(H,24,26,27). The molecule has 6 heteroatoms. The van der Waals surface area contributed by atoms with Crippen molar-refractivity contribution >= 4 is 44.2 Å². The molecule has 0 aliphatic rings. The Bertz CT molecular complexity index is 1410. The van der Waals surface area contributed by atoms with Crippen LogP contribution in [0, 0.1) is 6.92 Å². The van der Waals surface area contributed by atoms with Crippen molar-refractivity contribution in [1.82, 2.24) is 15.0 Å². The lowest BCUT2D eigenvalue weighted by atomic mass is 9.98. The smallest absolute Gasteiger partial charge is 0.191 e. The number of aryl methyl sites for hydroxylation is 1. The average molecular weight is 404 g/mol. The van der Waals surface area contributed by atoms with E-state index in [1.165, 1.54) is 6.07 Å². The second kappa shape index (κ2) is 6.55. The van der Waals surface area contributed by atoms with Gasteiger partial charge in [0.15, 0.2) is 5.43 Å². The van der Waals surface area contributed by atoms with E-state index in [9.17, 15) is 4.79 Å². The summed E-state index contributed by atoms with van der Waals surface area (Å²) >= 11 is 8.13. The maximum Gasteiger partial charge on any atom is 0.191 e. The summed E-state index contributed by atoms with van der Waals surface area (Å²) in [6.07, 6.45) is 1.62. The van der Waals surface area contributed by atoms with Gasteiger partial charge in [0.05, 0.1) is 25.8 Å². The van der Waals surface area contributed by atoms with E-state index < -0.39 is 0 Å². The number of hydrogen-bond acceptors (Lipinski definition) is 4. The van der Waals surface area contributed by atoms with E-state index in [-0.39, 0.29) is 5.43 Å². The molecule has 0 spiro atoms. The van der Waals surface area contributed by atoms with Gasteiger partial charge in [0.1, 0.15) is 11.2 Å². The number of nitrogens with one attached hydrogen (secondary N) is 1. The van der Waals surface area contributed by atoms with Gasteiger partial charge in [-0.3, -0.25) is 4.79 Å². The van der Waals surface area contributed by atoms with Crippen molar-refractivity contribution in [3.8, 4) is 22.4 Å². The van der Waals surface area contributed by atoms with Crippen LogP contribution >= 0.6 is 22.9 Å². The fourth-order valence-electron chi connectivity index (χ4n) is 3.39. The van der Waals surface area contributed by atoms with Gasteiger partial charge in [-0.1, -0.05) is 41.9 Å². The molecule has 0 fully saturated rings. The van der Waals surface area contributed by atoms with Crippen molar-refractivity contribution in [1.29, 1.82) is 0 Å². The maximum atomic E-state index is 12.4. The number of H-pyrrole nitrogens is 1. The zero-order valence-corrected chi connectivity index (χ0v) is 16.4.